The second kappa shape index (κ2) is 9.87. The van der Waals surface area contributed by atoms with Crippen LogP contribution < -0.4 is 26.0 Å². The molecule has 1 aromatic heterocycles. The Hall–Kier alpha value is -4.14. The molecule has 0 saturated carbocycles. The number of benzene rings is 3. The lowest BCUT2D eigenvalue weighted by molar-refractivity contribution is -0.118. The van der Waals surface area contributed by atoms with Gasteiger partial charge in [-0.1, -0.05) is 30.3 Å². The molecule has 4 heterocycles. The number of nitrogens with one attached hydrogen (secondary N) is 4. The van der Waals surface area contributed by atoms with E-state index in [0.717, 1.165) is 77.9 Å². The van der Waals surface area contributed by atoms with Crippen LogP contribution in [-0.4, -0.2) is 41.6 Å². The van der Waals surface area contributed by atoms with Crippen LogP contribution in [0.4, 0.5) is 11.4 Å². The summed E-state index contributed by atoms with van der Waals surface area (Å²) in [6.45, 7) is 1.75. The highest BCUT2D eigenvalue weighted by Gasteiger charge is 2.30. The number of hydrogen-bond donors (Lipinski definition) is 4. The number of amides is 2. The molecule has 7 rings (SSSR count). The summed E-state index contributed by atoms with van der Waals surface area (Å²) >= 11 is 0. The van der Waals surface area contributed by atoms with Gasteiger partial charge in [0.15, 0.2) is 0 Å². The van der Waals surface area contributed by atoms with Crippen molar-refractivity contribution in [3.63, 3.8) is 0 Å². The number of nitrogens with zero attached hydrogens (tertiary/aromatic N) is 1. The molecule has 0 bridgehead atoms. The molecule has 4 N–H and O–H groups in total. The van der Waals surface area contributed by atoms with Gasteiger partial charge in [0.1, 0.15) is 5.75 Å². The van der Waals surface area contributed by atoms with Crippen molar-refractivity contribution in [3.05, 3.63) is 78.4 Å². The Bertz CT molecular complexity index is 1550. The van der Waals surface area contributed by atoms with E-state index < -0.39 is 0 Å². The molecule has 0 aliphatic carbocycles. The number of fused-ring (bicyclic) bond motifs is 5. The fraction of sp³-hybridized carbons (Fsp3) is 0.290. The summed E-state index contributed by atoms with van der Waals surface area (Å²) in [6, 6.07) is 23.9. The largest absolute Gasteiger partial charge is 0.465 e. The van der Waals surface area contributed by atoms with E-state index in [9.17, 15) is 9.59 Å². The normalized spacial score (nSPS) is 21.7. The summed E-state index contributed by atoms with van der Waals surface area (Å²) in [5, 5.41) is 13.7. The first-order valence-corrected chi connectivity index (χ1v) is 13.7. The van der Waals surface area contributed by atoms with Gasteiger partial charge >= 0.3 is 0 Å². The maximum absolute atomic E-state index is 12.7. The van der Waals surface area contributed by atoms with Gasteiger partial charge in [-0.2, -0.15) is 0 Å². The van der Waals surface area contributed by atoms with Gasteiger partial charge in [-0.3, -0.25) is 9.59 Å². The number of carbonyl (C=O) groups is 2. The van der Waals surface area contributed by atoms with Crippen molar-refractivity contribution in [1.29, 1.82) is 0 Å². The first kappa shape index (κ1) is 23.9. The first-order chi connectivity index (χ1) is 19.1. The lowest BCUT2D eigenvalue weighted by Crippen LogP contribution is -2.35. The molecule has 2 amide bonds. The molecule has 39 heavy (non-hydrogen) atoms. The molecule has 198 valence electrons. The van der Waals surface area contributed by atoms with E-state index in [4.69, 9.17) is 4.74 Å². The molecule has 2 fully saturated rings. The highest BCUT2D eigenvalue weighted by molar-refractivity contribution is 5.99. The molecule has 0 radical (unpaired) electrons. The summed E-state index contributed by atoms with van der Waals surface area (Å²) in [6.07, 6.45) is 3.37. The average Bonchev–Trinajstić information content (AvgIpc) is 3.74. The summed E-state index contributed by atoms with van der Waals surface area (Å²) in [4.78, 5) is 25.4. The fourth-order valence-corrected chi connectivity index (χ4v) is 5.97. The van der Waals surface area contributed by atoms with Crippen LogP contribution in [0.25, 0.3) is 22.2 Å². The van der Waals surface area contributed by atoms with Crippen LogP contribution in [0.3, 0.4) is 0 Å². The molecular formula is C31H31N5O3. The third kappa shape index (κ3) is 4.45. The number of carbonyl (C=O) groups excluding carboxylic acids is 2. The molecule has 1 unspecified atom stereocenters. The summed E-state index contributed by atoms with van der Waals surface area (Å²) in [5.74, 6) is 0.714. The number of hydrogen-bond acceptors (Lipinski definition) is 5. The van der Waals surface area contributed by atoms with E-state index in [2.05, 4.69) is 44.0 Å². The van der Waals surface area contributed by atoms with Gasteiger partial charge in [-0.05, 0) is 75.2 Å². The molecule has 8 nitrogen and oxygen atoms in total. The third-order valence-electron chi connectivity index (χ3n) is 7.94. The Morgan fingerprint density at radius 2 is 1.46 bits per heavy atom. The van der Waals surface area contributed by atoms with Gasteiger partial charge in [0.25, 0.3) is 0 Å². The fourth-order valence-electron chi connectivity index (χ4n) is 5.97. The second-order valence-corrected chi connectivity index (χ2v) is 10.5. The summed E-state index contributed by atoms with van der Waals surface area (Å²) < 4.78 is 8.85. The zero-order valence-corrected chi connectivity index (χ0v) is 21.6. The van der Waals surface area contributed by atoms with Crippen LogP contribution >= 0.6 is 0 Å². The van der Waals surface area contributed by atoms with Gasteiger partial charge in [-0.25, -0.2) is 0 Å². The number of anilines is 2. The van der Waals surface area contributed by atoms with Crippen LogP contribution in [-0.2, 0) is 9.59 Å². The Kier molecular flexibility index (Phi) is 6.06. The maximum atomic E-state index is 12.7. The van der Waals surface area contributed by atoms with Gasteiger partial charge in [0, 0.05) is 34.0 Å². The summed E-state index contributed by atoms with van der Waals surface area (Å²) in [5.41, 5.74) is 5.52. The van der Waals surface area contributed by atoms with Crippen LogP contribution in [0, 0.1) is 0 Å². The van der Waals surface area contributed by atoms with Gasteiger partial charge < -0.3 is 30.6 Å². The predicted molar refractivity (Wildman–Crippen MR) is 152 cm³/mol. The molecule has 3 atom stereocenters. The van der Waals surface area contributed by atoms with E-state index in [1.165, 1.54) is 0 Å². The summed E-state index contributed by atoms with van der Waals surface area (Å²) in [7, 11) is 0. The Balaban J connectivity index is 1.26. The quantitative estimate of drug-likeness (QED) is 0.307. The van der Waals surface area contributed by atoms with Crippen LogP contribution in [0.2, 0.25) is 0 Å². The van der Waals surface area contributed by atoms with Crippen molar-refractivity contribution in [2.24, 2.45) is 0 Å². The maximum Gasteiger partial charge on any atom is 0.241 e. The standard InChI is InChI=1S/C31H31N5O3/c37-29(24-8-4-14-32-24)34-21-11-13-26-20(16-21)17-27-23-12-10-22(35-30(38)25-9-5-15-33-25)18-28(23)39-31(36(26)27)19-6-2-1-3-7-19/h1-3,6-7,10-13,16-18,24-25,31-33H,4-5,8-9,14-15H2,(H,34,37)(H,35,38)/t24-,25-,31?/m0/s1. The molecule has 2 saturated heterocycles. The second-order valence-electron chi connectivity index (χ2n) is 10.5. The van der Waals surface area contributed by atoms with Crippen molar-refractivity contribution >= 4 is 34.1 Å². The minimum atomic E-state index is -0.378. The first-order valence-electron chi connectivity index (χ1n) is 13.7. The van der Waals surface area contributed by atoms with Crippen LogP contribution in [0.15, 0.2) is 72.8 Å². The minimum Gasteiger partial charge on any atom is -0.465 e. The van der Waals surface area contributed by atoms with E-state index in [-0.39, 0.29) is 30.1 Å². The molecule has 8 heteroatoms. The molecule has 3 aliphatic rings. The topological polar surface area (TPSA) is 96.4 Å². The lowest BCUT2D eigenvalue weighted by Gasteiger charge is -2.30. The van der Waals surface area contributed by atoms with Crippen molar-refractivity contribution < 1.29 is 14.3 Å². The van der Waals surface area contributed by atoms with E-state index >= 15 is 0 Å². The van der Waals surface area contributed by atoms with Crippen molar-refractivity contribution in [2.75, 3.05) is 23.7 Å². The van der Waals surface area contributed by atoms with Gasteiger partial charge in [0.2, 0.25) is 18.0 Å². The predicted octanol–water partition coefficient (Wildman–Crippen LogP) is 4.63. The van der Waals surface area contributed by atoms with E-state index in [1.54, 1.807) is 0 Å². The SMILES string of the molecule is O=C(Nc1ccc2c(c1)OC(c1ccccc1)n1c-2cc2cc(NC(=O)[C@@H]3CCCN3)ccc21)[C@@H]1CCCN1. The van der Waals surface area contributed by atoms with Crippen molar-refractivity contribution in [3.8, 4) is 17.0 Å². The number of aromatic nitrogens is 1. The highest BCUT2D eigenvalue weighted by atomic mass is 16.5. The molecule has 4 aromatic rings. The van der Waals surface area contributed by atoms with Crippen LogP contribution in [0.1, 0.15) is 37.5 Å². The van der Waals surface area contributed by atoms with Gasteiger partial charge in [-0.15, -0.1) is 0 Å². The van der Waals surface area contributed by atoms with Crippen LogP contribution in [0.5, 0.6) is 5.75 Å². The molecular weight excluding hydrogens is 490 g/mol. The molecule has 3 aromatic carbocycles. The zero-order valence-electron chi connectivity index (χ0n) is 21.6. The lowest BCUT2D eigenvalue weighted by atomic mass is 10.1. The molecule has 3 aliphatic heterocycles. The number of rotatable bonds is 5. The molecule has 0 spiro atoms. The zero-order chi connectivity index (χ0) is 26.3. The monoisotopic (exact) mass is 521 g/mol. The van der Waals surface area contributed by atoms with Gasteiger partial charge in [0.05, 0.1) is 23.3 Å². The Labute approximate surface area is 226 Å². The van der Waals surface area contributed by atoms with E-state index in [0.29, 0.717) is 5.69 Å². The average molecular weight is 522 g/mol. The highest BCUT2D eigenvalue weighted by Crippen LogP contribution is 2.45. The Morgan fingerprint density at radius 1 is 0.795 bits per heavy atom. The minimum absolute atomic E-state index is 0.00837. The smallest absolute Gasteiger partial charge is 0.241 e. The Morgan fingerprint density at radius 3 is 2.13 bits per heavy atom. The third-order valence-corrected chi connectivity index (χ3v) is 7.94. The van der Waals surface area contributed by atoms with Crippen molar-refractivity contribution in [2.45, 2.75) is 44.0 Å². The number of ether oxygens (including phenoxy) is 1. The van der Waals surface area contributed by atoms with Crippen molar-refractivity contribution in [1.82, 2.24) is 15.2 Å². The van der Waals surface area contributed by atoms with E-state index in [1.807, 2.05) is 54.6 Å².